The van der Waals surface area contributed by atoms with Gasteiger partial charge in [-0.3, -0.25) is 19.4 Å². The van der Waals surface area contributed by atoms with Gasteiger partial charge in [0.15, 0.2) is 0 Å². The van der Waals surface area contributed by atoms with Gasteiger partial charge in [-0.15, -0.1) is 0 Å². The number of methoxy groups -OCH3 is 3. The predicted octanol–water partition coefficient (Wildman–Crippen LogP) is 6.18. The van der Waals surface area contributed by atoms with Crippen LogP contribution in [0.15, 0.2) is 78.9 Å². The number of H-pyrrole nitrogens is 1. The number of piperidine rings is 1. The zero-order chi connectivity index (χ0) is 50.3. The van der Waals surface area contributed by atoms with Crippen LogP contribution >= 0.6 is 0 Å². The number of anilines is 1. The van der Waals surface area contributed by atoms with Gasteiger partial charge in [0.25, 0.3) is 0 Å². The predicted molar refractivity (Wildman–Crippen MR) is 274 cm³/mol. The van der Waals surface area contributed by atoms with Gasteiger partial charge in [0.1, 0.15) is 11.2 Å². The van der Waals surface area contributed by atoms with Crippen LogP contribution in [-0.2, 0) is 45.5 Å². The lowest BCUT2D eigenvalue weighted by molar-refractivity contribution is -0.213. The molecule has 2 saturated heterocycles. The van der Waals surface area contributed by atoms with E-state index in [9.17, 15) is 20.1 Å². The molecule has 1 aromatic heterocycles. The molecule has 1 spiro atoms. The molecule has 15 heteroatoms. The van der Waals surface area contributed by atoms with E-state index in [4.69, 9.17) is 18.6 Å². The molecule has 10 rings (SSSR count). The maximum atomic E-state index is 15.6. The number of hydrogen-bond donors (Lipinski definition) is 4. The molecule has 0 radical (unpaired) electrons. The van der Waals surface area contributed by atoms with Crippen molar-refractivity contribution in [3.8, 4) is 5.75 Å². The minimum Gasteiger partial charge on any atom is -0.496 e. The summed E-state index contributed by atoms with van der Waals surface area (Å²) >= 11 is 0. The number of ether oxygens (including phenoxy) is 3. The number of rotatable bonds is 14. The van der Waals surface area contributed by atoms with Gasteiger partial charge in [0.05, 0.1) is 39.1 Å². The van der Waals surface area contributed by atoms with E-state index in [2.05, 4.69) is 70.7 Å². The molecule has 71 heavy (non-hydrogen) atoms. The number of esters is 2. The number of aliphatic carboxylic acids is 1. The van der Waals surface area contributed by atoms with Crippen molar-refractivity contribution >= 4 is 48.0 Å². The number of carboxylic acid groups (broad SMARTS) is 1. The minimum absolute atomic E-state index is 0.0332. The number of carboxylic acids is 1. The molecule has 0 amide bonds. The third kappa shape index (κ3) is 7.29. The molecule has 5 aliphatic heterocycles. The van der Waals surface area contributed by atoms with Crippen molar-refractivity contribution < 1.29 is 48.3 Å². The SMILES string of the molecule is CC[C@]1(O)C[C@@H]2CN(CCc3c([nH]c4ccccc34)[C@@](C(=O)OC)(c3cc4c(cc3OC)N(C)C3[C@]45CCN4CC=C[C@@](CC)([C@@H](O[Si](C)(CCCCC(=O)O)c6ccccc6)[C@]3(O)C(=O)OC)[C@H]45)C2)C1. The second kappa shape index (κ2) is 18.2. The quantitative estimate of drug-likeness (QED) is 0.0489. The summed E-state index contributed by atoms with van der Waals surface area (Å²) in [4.78, 5) is 53.3. The fourth-order valence-corrected chi connectivity index (χ4v) is 18.7. The van der Waals surface area contributed by atoms with Crippen LogP contribution in [-0.4, -0.2) is 147 Å². The van der Waals surface area contributed by atoms with E-state index in [1.54, 1.807) is 7.11 Å². The molecule has 3 aromatic carbocycles. The molecule has 6 heterocycles. The van der Waals surface area contributed by atoms with Crippen molar-refractivity contribution in [3.63, 3.8) is 0 Å². The van der Waals surface area contributed by atoms with Gasteiger partial charge in [-0.1, -0.05) is 81.0 Å². The summed E-state index contributed by atoms with van der Waals surface area (Å²) in [5, 5.41) is 38.0. The number of fused-ring (bicyclic) bond motifs is 6. The van der Waals surface area contributed by atoms with E-state index in [1.807, 2.05) is 55.3 Å². The van der Waals surface area contributed by atoms with Gasteiger partial charge < -0.3 is 43.8 Å². The molecule has 11 atom stereocenters. The van der Waals surface area contributed by atoms with Crippen molar-refractivity contribution in [3.05, 3.63) is 101 Å². The molecule has 4 aromatic rings. The Labute approximate surface area is 418 Å². The summed E-state index contributed by atoms with van der Waals surface area (Å²) in [5.41, 5.74) is -1.46. The third-order valence-electron chi connectivity index (χ3n) is 18.4. The largest absolute Gasteiger partial charge is 0.496 e. The Balaban J connectivity index is 1.22. The first-order valence-corrected chi connectivity index (χ1v) is 28.4. The summed E-state index contributed by atoms with van der Waals surface area (Å²) in [6.07, 6.45) is 7.53. The lowest BCUT2D eigenvalue weighted by Crippen LogP contribution is -2.82. The van der Waals surface area contributed by atoms with Crippen LogP contribution in [0.2, 0.25) is 12.6 Å². The standard InChI is InChI=1S/C56H72N4O10Si/c1-8-52(65)32-36-33-55(50(63)68-5,46-39(23-27-59(34-36)35-52)38-20-13-14-21-42(38)57-46)41-30-40-43(31-44(41)67-4)58(3)48-54(40)25-28-60-26-17-24-53(9-2,47(54)60)49(56(48,66)51(64)69-6)70-71(7,29-16-15-22-45(61)62)37-18-11-10-12-19-37/h10-14,17-21,24,30-31,36,47-49,57,65-66H,8-9,15-16,22-23,25-29,32-35H2,1-7H3,(H,61,62)/t36-,47-,48?,49+,52-,53+,54+,55-,56-,71?/m0/s1. The fraction of sp³-hybridized carbons (Fsp3) is 0.554. The van der Waals surface area contributed by atoms with Crippen LogP contribution in [0.25, 0.3) is 10.9 Å². The van der Waals surface area contributed by atoms with Crippen molar-refractivity contribution in [2.45, 2.75) is 124 Å². The molecule has 6 aliphatic rings. The Kier molecular flexibility index (Phi) is 12.7. The number of carbonyl (C=O) groups excluding carboxylic acids is 2. The van der Waals surface area contributed by atoms with E-state index in [1.165, 1.54) is 14.2 Å². The molecular formula is C56H72N4O10Si. The number of hydrogen-bond acceptors (Lipinski definition) is 12. The number of benzene rings is 3. The third-order valence-corrected chi connectivity index (χ3v) is 22.0. The Morgan fingerprint density at radius 3 is 2.34 bits per heavy atom. The lowest BCUT2D eigenvalue weighted by Gasteiger charge is -2.65. The van der Waals surface area contributed by atoms with Gasteiger partial charge >= 0.3 is 17.9 Å². The molecule has 3 unspecified atom stereocenters. The van der Waals surface area contributed by atoms with E-state index < -0.39 is 65.8 Å². The zero-order valence-electron chi connectivity index (χ0n) is 42.5. The van der Waals surface area contributed by atoms with Gasteiger partial charge in [-0.05, 0) is 98.4 Å². The fourth-order valence-electron chi connectivity index (χ4n) is 15.4. The summed E-state index contributed by atoms with van der Waals surface area (Å²) in [7, 11) is 3.22. The lowest BCUT2D eigenvalue weighted by atomic mass is 9.47. The summed E-state index contributed by atoms with van der Waals surface area (Å²) in [5.74, 6) is -1.71. The maximum Gasteiger partial charge on any atom is 0.342 e. The molecular weight excluding hydrogens is 917 g/mol. The first-order chi connectivity index (χ1) is 34.0. The van der Waals surface area contributed by atoms with Crippen LogP contribution in [0.1, 0.15) is 87.6 Å². The first-order valence-electron chi connectivity index (χ1n) is 25.8. The zero-order valence-corrected chi connectivity index (χ0v) is 43.5. The number of aromatic nitrogens is 1. The molecule has 3 fully saturated rings. The Morgan fingerprint density at radius 2 is 1.63 bits per heavy atom. The van der Waals surface area contributed by atoms with Crippen LogP contribution in [0.3, 0.4) is 0 Å². The van der Waals surface area contributed by atoms with E-state index in [-0.39, 0.29) is 18.4 Å². The highest BCUT2D eigenvalue weighted by atomic mass is 28.4. The normalized spacial score (nSPS) is 33.6. The summed E-state index contributed by atoms with van der Waals surface area (Å²) < 4.78 is 26.1. The topological polar surface area (TPSA) is 174 Å². The van der Waals surface area contributed by atoms with Crippen LogP contribution in [0.5, 0.6) is 5.75 Å². The maximum absolute atomic E-state index is 15.6. The van der Waals surface area contributed by atoms with Crippen molar-refractivity contribution in [2.75, 3.05) is 66.0 Å². The minimum atomic E-state index is -3.13. The number of carbonyl (C=O) groups is 3. The highest BCUT2D eigenvalue weighted by Crippen LogP contribution is 2.68. The molecule has 2 bridgehead atoms. The molecule has 1 aliphatic carbocycles. The Morgan fingerprint density at radius 1 is 0.887 bits per heavy atom. The molecule has 14 nitrogen and oxygen atoms in total. The Bertz CT molecular complexity index is 2750. The van der Waals surface area contributed by atoms with Crippen LogP contribution in [0, 0.1) is 11.3 Å². The highest BCUT2D eigenvalue weighted by molar-refractivity contribution is 6.85. The molecule has 4 N–H and O–H groups in total. The van der Waals surface area contributed by atoms with E-state index >= 15 is 9.59 Å². The number of nitrogens with zero attached hydrogens (tertiary/aromatic N) is 3. The number of aromatic amines is 1. The summed E-state index contributed by atoms with van der Waals surface area (Å²) in [6.45, 7) is 9.58. The van der Waals surface area contributed by atoms with E-state index in [0.29, 0.717) is 101 Å². The highest BCUT2D eigenvalue weighted by Gasteiger charge is 2.80. The molecule has 1 saturated carbocycles. The second-order valence-electron chi connectivity index (χ2n) is 21.9. The average Bonchev–Trinajstić information content (AvgIpc) is 4.04. The van der Waals surface area contributed by atoms with Crippen molar-refractivity contribution in [1.82, 2.24) is 14.8 Å². The molecule has 380 valence electrons. The van der Waals surface area contributed by atoms with Gasteiger partial charge in [-0.25, -0.2) is 4.79 Å². The smallest absolute Gasteiger partial charge is 0.342 e. The van der Waals surface area contributed by atoms with Crippen LogP contribution in [0.4, 0.5) is 5.69 Å². The van der Waals surface area contributed by atoms with Crippen LogP contribution < -0.4 is 14.8 Å². The van der Waals surface area contributed by atoms with Crippen molar-refractivity contribution in [2.24, 2.45) is 11.3 Å². The summed E-state index contributed by atoms with van der Waals surface area (Å²) in [6, 6.07) is 21.8. The number of unbranched alkanes of at least 4 members (excludes halogenated alkanes) is 1. The average molecular weight is 989 g/mol. The number of likely N-dealkylation sites (N-methyl/N-ethyl adjacent to an activating group) is 1. The van der Waals surface area contributed by atoms with Crippen molar-refractivity contribution in [1.29, 1.82) is 0 Å². The number of aliphatic hydroxyl groups is 2. The second-order valence-corrected chi connectivity index (χ2v) is 25.7. The van der Waals surface area contributed by atoms with E-state index in [0.717, 1.165) is 38.6 Å². The van der Waals surface area contributed by atoms with Gasteiger partial charge in [0, 0.05) is 90.4 Å². The monoisotopic (exact) mass is 989 g/mol. The Hall–Kier alpha value is -5.03. The first kappa shape index (κ1) is 49.5. The number of nitrogens with one attached hydrogen (secondary N) is 1. The van der Waals surface area contributed by atoms with Gasteiger partial charge in [-0.2, -0.15) is 0 Å². The number of para-hydroxylation sites is 1. The van der Waals surface area contributed by atoms with Gasteiger partial charge in [0.2, 0.25) is 13.9 Å².